The quantitative estimate of drug-likeness (QED) is 0.674. The molecule has 0 aromatic heterocycles. The Kier molecular flexibility index (Phi) is 5.21. The molecule has 8 heteroatoms. The van der Waals surface area contributed by atoms with Crippen LogP contribution in [-0.4, -0.2) is 35.4 Å². The van der Waals surface area contributed by atoms with Crippen molar-refractivity contribution in [2.24, 2.45) is 5.73 Å². The van der Waals surface area contributed by atoms with Crippen LogP contribution in [0.3, 0.4) is 0 Å². The first-order valence-electron chi connectivity index (χ1n) is 6.36. The molecule has 0 heterocycles. The summed E-state index contributed by atoms with van der Waals surface area (Å²) in [6, 6.07) is 3.33. The van der Waals surface area contributed by atoms with E-state index in [-0.39, 0.29) is 5.56 Å². The number of nitrogens with one attached hydrogen (secondary N) is 1. The van der Waals surface area contributed by atoms with Gasteiger partial charge in [-0.05, 0) is 25.5 Å². The third kappa shape index (κ3) is 3.77. The largest absolute Gasteiger partial charge is 0.478 e. The molecule has 1 rings (SSSR count). The smallest absolute Gasteiger partial charge is 0.357 e. The molecular weight excluding hydrogens is 298 g/mol. The van der Waals surface area contributed by atoms with E-state index < -0.39 is 41.2 Å². The first kappa shape index (κ1) is 18.0. The molecule has 6 nitrogen and oxygen atoms in total. The molecule has 0 aliphatic carbocycles. The number of carbonyl (C=O) groups excluding carboxylic acids is 1. The van der Waals surface area contributed by atoms with Crippen LogP contribution in [0.5, 0.6) is 0 Å². The molecule has 0 aliphatic rings. The van der Waals surface area contributed by atoms with Crippen LogP contribution in [0.25, 0.3) is 0 Å². The number of nitrogens with two attached hydrogens (primary N) is 1. The van der Waals surface area contributed by atoms with E-state index in [2.05, 4.69) is 5.32 Å². The number of carboxylic acids is 1. The van der Waals surface area contributed by atoms with Gasteiger partial charge in [0, 0.05) is 13.5 Å². The number of rotatable bonds is 6. The number of aliphatic carboxylic acids is 1. The topological polar surface area (TPSA) is 102 Å². The molecule has 0 spiro atoms. The second kappa shape index (κ2) is 6.37. The second-order valence-corrected chi connectivity index (χ2v) is 5.40. The number of carbonyl (C=O) groups is 2. The zero-order valence-corrected chi connectivity index (χ0v) is 12.4. The maximum absolute atomic E-state index is 13.7. The number of carboxylic acid groups (broad SMARTS) is 1. The van der Waals surface area contributed by atoms with Crippen molar-refractivity contribution in [3.63, 3.8) is 0 Å². The van der Waals surface area contributed by atoms with Crippen LogP contribution in [-0.2, 0) is 20.7 Å². The summed E-state index contributed by atoms with van der Waals surface area (Å²) in [6.45, 7) is 2.74. The summed E-state index contributed by atoms with van der Waals surface area (Å²) < 4.78 is 31.9. The summed E-state index contributed by atoms with van der Waals surface area (Å²) in [5.74, 6) is -4.70. The highest BCUT2D eigenvalue weighted by Crippen LogP contribution is 2.20. The number of halogens is 2. The Morgan fingerprint density at radius 2 is 1.95 bits per heavy atom. The van der Waals surface area contributed by atoms with Gasteiger partial charge < -0.3 is 20.9 Å². The van der Waals surface area contributed by atoms with Crippen LogP contribution >= 0.6 is 0 Å². The molecule has 0 saturated carbocycles. The number of benzene rings is 1. The van der Waals surface area contributed by atoms with Crippen molar-refractivity contribution in [1.82, 2.24) is 5.32 Å². The second-order valence-electron chi connectivity index (χ2n) is 5.40. The molecule has 0 aliphatic heterocycles. The van der Waals surface area contributed by atoms with E-state index in [1.807, 2.05) is 0 Å². The Balaban J connectivity index is 3.20. The molecule has 1 aromatic rings. The number of amides is 1. The van der Waals surface area contributed by atoms with Crippen molar-refractivity contribution in [2.45, 2.75) is 31.5 Å². The Hall–Kier alpha value is -2.06. The lowest BCUT2D eigenvalue weighted by molar-refractivity contribution is -0.170. The highest BCUT2D eigenvalue weighted by Gasteiger charge is 2.43. The molecule has 1 aromatic carbocycles. The molecule has 0 radical (unpaired) electrons. The molecule has 0 saturated heterocycles. The monoisotopic (exact) mass is 316 g/mol. The summed E-state index contributed by atoms with van der Waals surface area (Å²) in [7, 11) is 1.04. The fourth-order valence-corrected chi connectivity index (χ4v) is 1.68. The van der Waals surface area contributed by atoms with E-state index in [0.717, 1.165) is 13.2 Å². The van der Waals surface area contributed by atoms with Gasteiger partial charge >= 0.3 is 5.97 Å². The van der Waals surface area contributed by atoms with Gasteiger partial charge in [0.15, 0.2) is 11.6 Å². The van der Waals surface area contributed by atoms with E-state index in [0.29, 0.717) is 0 Å². The Labute approximate surface area is 126 Å². The van der Waals surface area contributed by atoms with Crippen LogP contribution in [0.1, 0.15) is 19.4 Å². The summed E-state index contributed by atoms with van der Waals surface area (Å²) in [4.78, 5) is 23.5. The van der Waals surface area contributed by atoms with Crippen LogP contribution in [0, 0.1) is 11.6 Å². The van der Waals surface area contributed by atoms with Crippen LogP contribution in [0.4, 0.5) is 8.78 Å². The normalized spacial score (nSPS) is 14.3. The molecule has 122 valence electrons. The van der Waals surface area contributed by atoms with Crippen molar-refractivity contribution in [3.05, 3.63) is 35.4 Å². The van der Waals surface area contributed by atoms with Crippen molar-refractivity contribution >= 4 is 11.9 Å². The fraction of sp³-hybridized carbons (Fsp3) is 0.429. The lowest BCUT2D eigenvalue weighted by atomic mass is 9.99. The summed E-state index contributed by atoms with van der Waals surface area (Å²) in [5.41, 5.74) is 1.71. The highest BCUT2D eigenvalue weighted by atomic mass is 19.2. The van der Waals surface area contributed by atoms with Gasteiger partial charge in [0.2, 0.25) is 11.6 Å². The van der Waals surface area contributed by atoms with Crippen molar-refractivity contribution in [3.8, 4) is 0 Å². The lowest BCUT2D eigenvalue weighted by Gasteiger charge is -2.32. The van der Waals surface area contributed by atoms with Gasteiger partial charge in [0.1, 0.15) is 0 Å². The summed E-state index contributed by atoms with van der Waals surface area (Å²) in [6.07, 6.45) is -0.607. The van der Waals surface area contributed by atoms with Crippen molar-refractivity contribution in [2.75, 3.05) is 7.11 Å². The van der Waals surface area contributed by atoms with E-state index >= 15 is 0 Å². The molecule has 0 bridgehead atoms. The van der Waals surface area contributed by atoms with E-state index in [1.54, 1.807) is 0 Å². The summed E-state index contributed by atoms with van der Waals surface area (Å²) >= 11 is 0. The lowest BCUT2D eigenvalue weighted by Crippen LogP contribution is -2.63. The minimum Gasteiger partial charge on any atom is -0.478 e. The maximum Gasteiger partial charge on any atom is 0.357 e. The van der Waals surface area contributed by atoms with E-state index in [1.165, 1.54) is 26.0 Å². The molecule has 1 amide bonds. The minimum absolute atomic E-state index is 0.251. The third-order valence-electron chi connectivity index (χ3n) is 3.07. The maximum atomic E-state index is 13.7. The number of hydrogen-bond donors (Lipinski definition) is 3. The predicted molar refractivity (Wildman–Crippen MR) is 73.8 cm³/mol. The molecule has 22 heavy (non-hydrogen) atoms. The molecule has 0 fully saturated rings. The van der Waals surface area contributed by atoms with Gasteiger partial charge in [-0.2, -0.15) is 0 Å². The van der Waals surface area contributed by atoms with Gasteiger partial charge in [-0.3, -0.25) is 4.79 Å². The van der Waals surface area contributed by atoms with Gasteiger partial charge in [-0.1, -0.05) is 12.1 Å². The van der Waals surface area contributed by atoms with Crippen LogP contribution in [0.15, 0.2) is 18.2 Å². The molecule has 4 N–H and O–H groups in total. The number of hydrogen-bond acceptors (Lipinski definition) is 4. The molecular formula is C14H18F2N2O4. The van der Waals surface area contributed by atoms with E-state index in [9.17, 15) is 23.5 Å². The van der Waals surface area contributed by atoms with E-state index in [4.69, 9.17) is 10.5 Å². The minimum atomic E-state index is -2.26. The zero-order chi connectivity index (χ0) is 17.1. The van der Waals surface area contributed by atoms with Gasteiger partial charge in [-0.25, -0.2) is 13.6 Å². The van der Waals surface area contributed by atoms with Crippen LogP contribution < -0.4 is 11.1 Å². The average Bonchev–Trinajstić information content (AvgIpc) is 2.41. The Morgan fingerprint density at radius 1 is 1.36 bits per heavy atom. The number of ether oxygens (including phenoxy) is 1. The highest BCUT2D eigenvalue weighted by molar-refractivity contribution is 5.90. The van der Waals surface area contributed by atoms with Gasteiger partial charge in [0.25, 0.3) is 0 Å². The van der Waals surface area contributed by atoms with Crippen molar-refractivity contribution < 1.29 is 28.2 Å². The Bertz CT molecular complexity index is 587. The first-order valence-corrected chi connectivity index (χ1v) is 6.36. The summed E-state index contributed by atoms with van der Waals surface area (Å²) in [5, 5.41) is 11.5. The fourth-order valence-electron chi connectivity index (χ4n) is 1.68. The van der Waals surface area contributed by atoms with Crippen molar-refractivity contribution in [1.29, 1.82) is 0 Å². The first-order chi connectivity index (χ1) is 10.0. The SMILES string of the molecule is CO[C@@](Cc1cccc(F)c1F)(NC(=O)C(C)(C)N)C(=O)O. The van der Waals surface area contributed by atoms with Gasteiger partial charge in [0.05, 0.1) is 5.54 Å². The van der Waals surface area contributed by atoms with Gasteiger partial charge in [-0.15, -0.1) is 0 Å². The average molecular weight is 316 g/mol. The zero-order valence-electron chi connectivity index (χ0n) is 12.4. The third-order valence-corrected chi connectivity index (χ3v) is 3.07. The molecule has 0 unspecified atom stereocenters. The Morgan fingerprint density at radius 3 is 2.41 bits per heavy atom. The molecule has 1 atom stereocenters. The standard InChI is InChI=1S/C14H18F2N2O4/c1-13(2,17)11(19)18-14(22-3,12(20)21)7-8-5-4-6-9(15)10(8)16/h4-6H,7,17H2,1-3H3,(H,18,19)(H,20,21)/t14-/m1/s1. The number of methoxy groups -OCH3 is 1. The van der Waals surface area contributed by atoms with Crippen LogP contribution in [0.2, 0.25) is 0 Å². The predicted octanol–water partition coefficient (Wildman–Crippen LogP) is 0.788.